The second kappa shape index (κ2) is 5.56. The van der Waals surface area contributed by atoms with Crippen LogP contribution in [0.15, 0.2) is 22.7 Å². The molecule has 2 heterocycles. The van der Waals surface area contributed by atoms with Gasteiger partial charge in [0.2, 0.25) is 0 Å². The SMILES string of the molecule is CCNC1CC2(CCOC(C)(C)C2)Oc2cc(Br)ccc21. The van der Waals surface area contributed by atoms with Crippen LogP contribution in [0.2, 0.25) is 0 Å². The number of hydrogen-bond donors (Lipinski definition) is 1. The Bertz CT molecular complexity index is 532. The van der Waals surface area contributed by atoms with Crippen LogP contribution in [-0.2, 0) is 4.74 Å². The van der Waals surface area contributed by atoms with E-state index in [1.165, 1.54) is 5.56 Å². The molecule has 0 aromatic heterocycles. The topological polar surface area (TPSA) is 30.5 Å². The van der Waals surface area contributed by atoms with Crippen molar-refractivity contribution in [3.8, 4) is 5.75 Å². The molecule has 3 nitrogen and oxygen atoms in total. The third-order valence-corrected chi connectivity index (χ3v) is 5.00. The van der Waals surface area contributed by atoms with Gasteiger partial charge in [0.1, 0.15) is 11.4 Å². The number of halogens is 1. The molecule has 0 radical (unpaired) electrons. The van der Waals surface area contributed by atoms with E-state index in [1.54, 1.807) is 0 Å². The van der Waals surface area contributed by atoms with Gasteiger partial charge in [-0.15, -0.1) is 0 Å². The standard InChI is InChI=1S/C17H24BrNO2/c1-4-19-14-10-17(7-8-20-16(2,3)11-17)21-15-9-12(18)5-6-13(14)15/h5-6,9,14,19H,4,7-8,10-11H2,1-3H3. The summed E-state index contributed by atoms with van der Waals surface area (Å²) >= 11 is 3.56. The van der Waals surface area contributed by atoms with Crippen LogP contribution >= 0.6 is 15.9 Å². The fourth-order valence-electron chi connectivity index (χ4n) is 3.76. The molecule has 0 saturated carbocycles. The molecule has 1 saturated heterocycles. The molecule has 2 aliphatic rings. The van der Waals surface area contributed by atoms with Gasteiger partial charge in [0, 0.05) is 35.3 Å². The number of ether oxygens (including phenoxy) is 2. The van der Waals surface area contributed by atoms with E-state index in [1.807, 2.05) is 0 Å². The van der Waals surface area contributed by atoms with Crippen LogP contribution in [-0.4, -0.2) is 24.4 Å². The van der Waals surface area contributed by atoms with E-state index in [9.17, 15) is 0 Å². The zero-order chi connectivity index (χ0) is 15.1. The molecule has 4 heteroatoms. The van der Waals surface area contributed by atoms with E-state index < -0.39 is 0 Å². The van der Waals surface area contributed by atoms with E-state index in [0.29, 0.717) is 6.04 Å². The molecule has 0 amide bonds. The molecule has 116 valence electrons. The highest BCUT2D eigenvalue weighted by Gasteiger charge is 2.47. The maximum absolute atomic E-state index is 6.50. The Morgan fingerprint density at radius 1 is 1.38 bits per heavy atom. The third-order valence-electron chi connectivity index (χ3n) is 4.50. The largest absolute Gasteiger partial charge is 0.487 e. The maximum atomic E-state index is 6.50. The summed E-state index contributed by atoms with van der Waals surface area (Å²) in [6.07, 6.45) is 2.92. The molecule has 2 aliphatic heterocycles. The predicted molar refractivity (Wildman–Crippen MR) is 87.8 cm³/mol. The van der Waals surface area contributed by atoms with Crippen molar-refractivity contribution >= 4 is 15.9 Å². The molecule has 2 atom stereocenters. The minimum absolute atomic E-state index is 0.109. The fourth-order valence-corrected chi connectivity index (χ4v) is 4.10. The summed E-state index contributed by atoms with van der Waals surface area (Å²) in [6.45, 7) is 8.23. The highest BCUT2D eigenvalue weighted by molar-refractivity contribution is 9.10. The van der Waals surface area contributed by atoms with E-state index >= 15 is 0 Å². The van der Waals surface area contributed by atoms with Gasteiger partial charge in [-0.05, 0) is 32.5 Å². The molecule has 1 aromatic rings. The summed E-state index contributed by atoms with van der Waals surface area (Å²) in [6, 6.07) is 6.73. The number of fused-ring (bicyclic) bond motifs is 1. The maximum Gasteiger partial charge on any atom is 0.126 e. The first kappa shape index (κ1) is 15.3. The number of benzene rings is 1. The molecule has 0 aliphatic carbocycles. The molecule has 0 bridgehead atoms. The van der Waals surface area contributed by atoms with Crippen LogP contribution in [0.4, 0.5) is 0 Å². The minimum Gasteiger partial charge on any atom is -0.487 e. The second-order valence-corrected chi connectivity index (χ2v) is 7.73. The lowest BCUT2D eigenvalue weighted by Gasteiger charge is -2.49. The van der Waals surface area contributed by atoms with Crippen molar-refractivity contribution in [3.63, 3.8) is 0 Å². The smallest absolute Gasteiger partial charge is 0.126 e. The lowest BCUT2D eigenvalue weighted by Crippen LogP contribution is -2.53. The zero-order valence-corrected chi connectivity index (χ0v) is 14.6. The van der Waals surface area contributed by atoms with E-state index in [-0.39, 0.29) is 11.2 Å². The van der Waals surface area contributed by atoms with E-state index in [0.717, 1.165) is 42.6 Å². The van der Waals surface area contributed by atoms with Gasteiger partial charge in [-0.2, -0.15) is 0 Å². The molecule has 1 aromatic carbocycles. The average Bonchev–Trinajstić information content (AvgIpc) is 2.36. The first-order chi connectivity index (χ1) is 9.93. The minimum atomic E-state index is -0.113. The average molecular weight is 354 g/mol. The first-order valence-electron chi connectivity index (χ1n) is 7.79. The lowest BCUT2D eigenvalue weighted by atomic mass is 9.77. The van der Waals surface area contributed by atoms with E-state index in [4.69, 9.17) is 9.47 Å². The number of rotatable bonds is 2. The summed E-state index contributed by atoms with van der Waals surface area (Å²) in [5.41, 5.74) is 1.05. The van der Waals surface area contributed by atoms with Crippen molar-refractivity contribution in [2.45, 2.75) is 57.3 Å². The Morgan fingerprint density at radius 2 is 2.19 bits per heavy atom. The lowest BCUT2D eigenvalue weighted by molar-refractivity contribution is -0.142. The van der Waals surface area contributed by atoms with Gasteiger partial charge in [0.15, 0.2) is 0 Å². The molecular formula is C17H24BrNO2. The van der Waals surface area contributed by atoms with Gasteiger partial charge in [-0.1, -0.05) is 28.9 Å². The van der Waals surface area contributed by atoms with Gasteiger partial charge < -0.3 is 14.8 Å². The highest BCUT2D eigenvalue weighted by Crippen LogP contribution is 2.47. The molecule has 2 unspecified atom stereocenters. The Balaban J connectivity index is 1.96. The molecular weight excluding hydrogens is 330 g/mol. The summed E-state index contributed by atoms with van der Waals surface area (Å²) in [7, 11) is 0. The van der Waals surface area contributed by atoms with E-state index in [2.05, 4.69) is 60.2 Å². The van der Waals surface area contributed by atoms with Crippen LogP contribution in [0.3, 0.4) is 0 Å². The van der Waals surface area contributed by atoms with Gasteiger partial charge in [0.25, 0.3) is 0 Å². The normalized spacial score (nSPS) is 30.8. The van der Waals surface area contributed by atoms with Crippen molar-refractivity contribution in [2.75, 3.05) is 13.2 Å². The van der Waals surface area contributed by atoms with Crippen LogP contribution in [0.25, 0.3) is 0 Å². The number of hydrogen-bond acceptors (Lipinski definition) is 3. The van der Waals surface area contributed by atoms with Crippen molar-refractivity contribution in [1.82, 2.24) is 5.32 Å². The van der Waals surface area contributed by atoms with Crippen molar-refractivity contribution in [1.29, 1.82) is 0 Å². The Hall–Kier alpha value is -0.580. The van der Waals surface area contributed by atoms with Crippen LogP contribution in [0.1, 0.15) is 51.6 Å². The Labute approximate surface area is 135 Å². The van der Waals surface area contributed by atoms with Gasteiger partial charge in [0.05, 0.1) is 12.2 Å². The Kier molecular flexibility index (Phi) is 4.06. The van der Waals surface area contributed by atoms with Crippen LogP contribution < -0.4 is 10.1 Å². The summed E-state index contributed by atoms with van der Waals surface area (Å²) in [5, 5.41) is 3.62. The predicted octanol–water partition coefficient (Wildman–Crippen LogP) is 4.21. The summed E-state index contributed by atoms with van der Waals surface area (Å²) in [5.74, 6) is 1.01. The molecule has 1 fully saturated rings. The number of nitrogens with one attached hydrogen (secondary N) is 1. The van der Waals surface area contributed by atoms with Crippen LogP contribution in [0.5, 0.6) is 5.75 Å². The van der Waals surface area contributed by atoms with Gasteiger partial charge in [-0.25, -0.2) is 0 Å². The van der Waals surface area contributed by atoms with Crippen molar-refractivity contribution < 1.29 is 9.47 Å². The quantitative estimate of drug-likeness (QED) is 0.863. The zero-order valence-electron chi connectivity index (χ0n) is 13.0. The monoisotopic (exact) mass is 353 g/mol. The second-order valence-electron chi connectivity index (χ2n) is 6.82. The highest BCUT2D eigenvalue weighted by atomic mass is 79.9. The first-order valence-corrected chi connectivity index (χ1v) is 8.58. The fraction of sp³-hybridized carbons (Fsp3) is 0.647. The third kappa shape index (κ3) is 3.13. The molecule has 21 heavy (non-hydrogen) atoms. The summed E-state index contributed by atoms with van der Waals surface area (Å²) < 4.78 is 13.5. The van der Waals surface area contributed by atoms with Crippen molar-refractivity contribution in [3.05, 3.63) is 28.2 Å². The van der Waals surface area contributed by atoms with Gasteiger partial charge in [-0.3, -0.25) is 0 Å². The van der Waals surface area contributed by atoms with Crippen molar-refractivity contribution in [2.24, 2.45) is 0 Å². The molecule has 3 rings (SSSR count). The summed E-state index contributed by atoms with van der Waals surface area (Å²) in [4.78, 5) is 0. The molecule has 1 N–H and O–H groups in total. The van der Waals surface area contributed by atoms with Crippen LogP contribution in [0, 0.1) is 0 Å². The van der Waals surface area contributed by atoms with Gasteiger partial charge >= 0.3 is 0 Å². The Morgan fingerprint density at radius 3 is 2.90 bits per heavy atom. The molecule has 1 spiro atoms.